The number of likely N-dealkylation sites (tertiary alicyclic amines) is 1. The highest BCUT2D eigenvalue weighted by molar-refractivity contribution is 5.69. The zero-order valence-corrected chi connectivity index (χ0v) is 13.1. The number of aliphatic hydroxyl groups is 1. The largest absolute Gasteiger partial charge is 0.485 e. The lowest BCUT2D eigenvalue weighted by atomic mass is 10.2. The second-order valence-electron chi connectivity index (χ2n) is 6.38. The lowest BCUT2D eigenvalue weighted by Crippen LogP contribution is -2.41. The third kappa shape index (κ3) is 4.10. The molecule has 1 aliphatic heterocycles. The van der Waals surface area contributed by atoms with Crippen LogP contribution in [-0.2, 0) is 4.74 Å². The van der Waals surface area contributed by atoms with Gasteiger partial charge in [0.1, 0.15) is 11.7 Å². The quantitative estimate of drug-likeness (QED) is 0.932. The molecule has 2 atom stereocenters. The summed E-state index contributed by atoms with van der Waals surface area (Å²) < 4.78 is 24.6. The van der Waals surface area contributed by atoms with Crippen molar-refractivity contribution in [2.45, 2.75) is 44.9 Å². The summed E-state index contributed by atoms with van der Waals surface area (Å²) in [5.74, 6) is -0.297. The van der Waals surface area contributed by atoms with Crippen LogP contribution in [0.15, 0.2) is 24.3 Å². The molecule has 1 aromatic carbocycles. The van der Waals surface area contributed by atoms with Gasteiger partial charge < -0.3 is 14.6 Å². The Hall–Kier alpha value is -1.82. The first-order chi connectivity index (χ1) is 10.3. The van der Waals surface area contributed by atoms with Crippen LogP contribution in [0.25, 0.3) is 0 Å². The average Bonchev–Trinajstić information content (AvgIpc) is 2.83. The Morgan fingerprint density at radius 3 is 2.68 bits per heavy atom. The number of hydrogen-bond acceptors (Lipinski definition) is 4. The molecule has 122 valence electrons. The number of halogens is 1. The Morgan fingerprint density at radius 1 is 1.41 bits per heavy atom. The molecule has 2 rings (SSSR count). The van der Waals surface area contributed by atoms with Crippen molar-refractivity contribution >= 4 is 6.09 Å². The van der Waals surface area contributed by atoms with Crippen LogP contribution < -0.4 is 4.74 Å². The van der Waals surface area contributed by atoms with Gasteiger partial charge in [0, 0.05) is 6.42 Å². The molecule has 0 aliphatic carbocycles. The van der Waals surface area contributed by atoms with Crippen LogP contribution in [0.4, 0.5) is 9.18 Å². The summed E-state index contributed by atoms with van der Waals surface area (Å²) in [5.41, 5.74) is -0.610. The number of rotatable bonds is 3. The number of nitrogens with zero attached hydrogens (tertiary/aromatic N) is 1. The monoisotopic (exact) mass is 311 g/mol. The fourth-order valence-electron chi connectivity index (χ4n) is 2.40. The molecule has 1 amide bonds. The van der Waals surface area contributed by atoms with Crippen LogP contribution in [0.5, 0.6) is 5.75 Å². The van der Waals surface area contributed by atoms with E-state index in [9.17, 15) is 14.3 Å². The Balaban J connectivity index is 2.03. The number of carbonyl (C=O) groups is 1. The van der Waals surface area contributed by atoms with Crippen molar-refractivity contribution in [1.29, 1.82) is 0 Å². The summed E-state index contributed by atoms with van der Waals surface area (Å²) in [6.07, 6.45) is -0.433. The minimum absolute atomic E-state index is 0.148. The predicted octanol–water partition coefficient (Wildman–Crippen LogP) is 2.57. The molecular formula is C16H22FNO4. The number of benzene rings is 1. The predicted molar refractivity (Wildman–Crippen MR) is 79.2 cm³/mol. The highest BCUT2D eigenvalue weighted by Gasteiger charge is 2.38. The van der Waals surface area contributed by atoms with Crippen LogP contribution in [-0.4, -0.2) is 47.0 Å². The molecule has 0 spiro atoms. The molecule has 5 nitrogen and oxygen atoms in total. The summed E-state index contributed by atoms with van der Waals surface area (Å²) in [6.45, 7) is 5.41. The summed E-state index contributed by atoms with van der Waals surface area (Å²) in [4.78, 5) is 13.6. The third-order valence-corrected chi connectivity index (χ3v) is 3.35. The molecule has 1 N–H and O–H groups in total. The molecule has 1 heterocycles. The van der Waals surface area contributed by atoms with Gasteiger partial charge in [-0.3, -0.25) is 4.90 Å². The smallest absolute Gasteiger partial charge is 0.410 e. The van der Waals surface area contributed by atoms with Crippen molar-refractivity contribution in [2.75, 3.05) is 13.2 Å². The zero-order chi connectivity index (χ0) is 16.3. The second kappa shape index (κ2) is 6.52. The molecular weight excluding hydrogens is 289 g/mol. The molecule has 0 bridgehead atoms. The minimum Gasteiger partial charge on any atom is -0.485 e. The Morgan fingerprint density at radius 2 is 2.09 bits per heavy atom. The van der Waals surface area contributed by atoms with Crippen LogP contribution >= 0.6 is 0 Å². The molecule has 1 aliphatic rings. The third-order valence-electron chi connectivity index (χ3n) is 3.35. The average molecular weight is 311 g/mol. The summed E-state index contributed by atoms with van der Waals surface area (Å²) >= 11 is 0. The fourth-order valence-corrected chi connectivity index (χ4v) is 2.40. The number of amides is 1. The van der Waals surface area contributed by atoms with Crippen molar-refractivity contribution in [2.24, 2.45) is 0 Å². The van der Waals surface area contributed by atoms with E-state index < -0.39 is 17.5 Å². The van der Waals surface area contributed by atoms with Crippen LogP contribution in [0, 0.1) is 5.82 Å². The number of aliphatic hydroxyl groups excluding tert-OH is 1. The maximum absolute atomic E-state index is 13.6. The molecule has 0 aromatic heterocycles. The van der Waals surface area contributed by atoms with Gasteiger partial charge in [0.25, 0.3) is 0 Å². The number of ether oxygens (including phenoxy) is 2. The fraction of sp³-hybridized carbons (Fsp3) is 0.562. The molecule has 0 saturated carbocycles. The topological polar surface area (TPSA) is 59.0 Å². The van der Waals surface area contributed by atoms with Crippen molar-refractivity contribution in [3.63, 3.8) is 0 Å². The van der Waals surface area contributed by atoms with E-state index in [2.05, 4.69) is 0 Å². The van der Waals surface area contributed by atoms with E-state index in [0.717, 1.165) is 0 Å². The van der Waals surface area contributed by atoms with Crippen LogP contribution in [0.1, 0.15) is 27.2 Å². The molecule has 1 saturated heterocycles. The van der Waals surface area contributed by atoms with E-state index in [4.69, 9.17) is 9.47 Å². The second-order valence-corrected chi connectivity index (χ2v) is 6.38. The van der Waals surface area contributed by atoms with Gasteiger partial charge in [-0.05, 0) is 32.9 Å². The van der Waals surface area contributed by atoms with Crippen molar-refractivity contribution in [1.82, 2.24) is 4.90 Å². The SMILES string of the molecule is CC(C)(C)OC(=O)N1CC(Oc2ccccc2F)CC1CO. The summed E-state index contributed by atoms with van der Waals surface area (Å²) in [5, 5.41) is 9.44. The van der Waals surface area contributed by atoms with Crippen LogP contribution in [0.2, 0.25) is 0 Å². The summed E-state index contributed by atoms with van der Waals surface area (Å²) in [7, 11) is 0. The van der Waals surface area contributed by atoms with Crippen molar-refractivity contribution in [3.05, 3.63) is 30.1 Å². The first-order valence-corrected chi connectivity index (χ1v) is 7.32. The van der Waals surface area contributed by atoms with E-state index >= 15 is 0 Å². The Bertz CT molecular complexity index is 529. The maximum Gasteiger partial charge on any atom is 0.410 e. The minimum atomic E-state index is -0.610. The van der Waals surface area contributed by atoms with Crippen molar-refractivity contribution < 1.29 is 23.8 Å². The molecule has 0 radical (unpaired) electrons. The maximum atomic E-state index is 13.6. The lowest BCUT2D eigenvalue weighted by Gasteiger charge is -2.27. The standard InChI is InChI=1S/C16H22FNO4/c1-16(2,3)22-15(20)18-9-12(8-11(18)10-19)21-14-7-5-4-6-13(14)17/h4-7,11-12,19H,8-10H2,1-3H3. The number of carbonyl (C=O) groups excluding carboxylic acids is 1. The molecule has 1 fully saturated rings. The first kappa shape index (κ1) is 16.5. The van der Waals surface area contributed by atoms with Gasteiger partial charge in [-0.25, -0.2) is 9.18 Å². The van der Waals surface area contributed by atoms with E-state index in [1.807, 2.05) is 0 Å². The van der Waals surface area contributed by atoms with Gasteiger partial charge in [-0.2, -0.15) is 0 Å². The molecule has 22 heavy (non-hydrogen) atoms. The highest BCUT2D eigenvalue weighted by Crippen LogP contribution is 2.26. The van der Waals surface area contributed by atoms with Gasteiger partial charge in [-0.15, -0.1) is 0 Å². The first-order valence-electron chi connectivity index (χ1n) is 7.32. The van der Waals surface area contributed by atoms with Gasteiger partial charge >= 0.3 is 6.09 Å². The Kier molecular flexibility index (Phi) is 4.90. The lowest BCUT2D eigenvalue weighted by molar-refractivity contribution is 0.0165. The van der Waals surface area contributed by atoms with E-state index in [1.165, 1.54) is 11.0 Å². The van der Waals surface area contributed by atoms with Gasteiger partial charge in [0.05, 0.1) is 19.2 Å². The highest BCUT2D eigenvalue weighted by atomic mass is 19.1. The zero-order valence-electron chi connectivity index (χ0n) is 13.1. The van der Waals surface area contributed by atoms with Gasteiger partial charge in [-0.1, -0.05) is 12.1 Å². The van der Waals surface area contributed by atoms with E-state index in [-0.39, 0.29) is 31.0 Å². The molecule has 6 heteroatoms. The molecule has 2 unspecified atom stereocenters. The van der Waals surface area contributed by atoms with Crippen LogP contribution in [0.3, 0.4) is 0 Å². The molecule has 1 aromatic rings. The Labute approximate surface area is 129 Å². The van der Waals surface area contributed by atoms with Gasteiger partial charge in [0.2, 0.25) is 0 Å². The summed E-state index contributed by atoms with van der Waals surface area (Å²) in [6, 6.07) is 5.74. The number of para-hydroxylation sites is 1. The van der Waals surface area contributed by atoms with E-state index in [1.54, 1.807) is 39.0 Å². The van der Waals surface area contributed by atoms with Crippen molar-refractivity contribution in [3.8, 4) is 5.75 Å². The number of hydrogen-bond donors (Lipinski definition) is 1. The van der Waals surface area contributed by atoms with E-state index in [0.29, 0.717) is 6.42 Å². The van der Waals surface area contributed by atoms with Gasteiger partial charge in [0.15, 0.2) is 11.6 Å². The normalized spacial score (nSPS) is 21.8.